The zero-order chi connectivity index (χ0) is 15.6. The molecule has 0 radical (unpaired) electrons. The monoisotopic (exact) mass is 315 g/mol. The van der Waals surface area contributed by atoms with Gasteiger partial charge in [0.2, 0.25) is 0 Å². The molecule has 128 valence electrons. The Hall–Kier alpha value is -0.830. The Bertz CT molecular complexity index is 487. The van der Waals surface area contributed by atoms with Crippen molar-refractivity contribution in [2.45, 2.75) is 77.2 Å². The van der Waals surface area contributed by atoms with Gasteiger partial charge in [-0.3, -0.25) is 4.90 Å². The van der Waals surface area contributed by atoms with Crippen molar-refractivity contribution >= 4 is 5.84 Å². The number of hydrogen-bond donors (Lipinski definition) is 0. The van der Waals surface area contributed by atoms with E-state index in [2.05, 4.69) is 16.7 Å². The molecule has 0 aromatic carbocycles. The number of aliphatic imine (C=N–C) groups is 1. The second-order valence-corrected chi connectivity index (χ2v) is 8.26. The zero-order valence-corrected chi connectivity index (χ0v) is 14.9. The maximum absolute atomic E-state index is 5.07. The zero-order valence-electron chi connectivity index (χ0n) is 14.9. The fourth-order valence-corrected chi connectivity index (χ4v) is 5.05. The molecule has 4 rings (SSSR count). The number of likely N-dealkylation sites (tertiary alicyclic amines) is 1. The summed E-state index contributed by atoms with van der Waals surface area (Å²) in [6, 6.07) is 0.706. The van der Waals surface area contributed by atoms with Crippen molar-refractivity contribution in [1.29, 1.82) is 0 Å². The molecule has 3 nitrogen and oxygen atoms in total. The first-order valence-corrected chi connectivity index (χ1v) is 10.1. The molecule has 2 fully saturated rings. The molecule has 0 amide bonds. The van der Waals surface area contributed by atoms with Crippen molar-refractivity contribution in [2.75, 3.05) is 26.2 Å². The Morgan fingerprint density at radius 3 is 2.70 bits per heavy atom. The molecular weight excluding hydrogens is 282 g/mol. The van der Waals surface area contributed by atoms with E-state index in [1.807, 2.05) is 0 Å². The summed E-state index contributed by atoms with van der Waals surface area (Å²) in [5.41, 5.74) is 3.07. The minimum absolute atomic E-state index is 0.706. The Morgan fingerprint density at radius 2 is 1.91 bits per heavy atom. The first-order chi connectivity index (χ1) is 11.3. The largest absolute Gasteiger partial charge is 0.357 e. The van der Waals surface area contributed by atoms with Gasteiger partial charge in [0, 0.05) is 32.1 Å². The number of hydrogen-bond acceptors (Lipinski definition) is 3. The van der Waals surface area contributed by atoms with E-state index in [9.17, 15) is 0 Å². The van der Waals surface area contributed by atoms with Crippen LogP contribution in [0, 0.1) is 5.92 Å². The molecule has 0 spiro atoms. The van der Waals surface area contributed by atoms with Crippen LogP contribution in [-0.2, 0) is 0 Å². The van der Waals surface area contributed by atoms with E-state index in [1.54, 1.807) is 5.57 Å². The van der Waals surface area contributed by atoms with Crippen LogP contribution in [0.2, 0.25) is 0 Å². The van der Waals surface area contributed by atoms with Crippen LogP contribution in [0.5, 0.6) is 0 Å². The normalized spacial score (nSPS) is 30.0. The van der Waals surface area contributed by atoms with Gasteiger partial charge in [-0.15, -0.1) is 0 Å². The van der Waals surface area contributed by atoms with Gasteiger partial charge >= 0.3 is 0 Å². The molecule has 1 saturated heterocycles. The number of amidine groups is 1. The lowest BCUT2D eigenvalue weighted by molar-refractivity contribution is 0.238. The predicted octanol–water partition coefficient (Wildman–Crippen LogP) is 4.20. The van der Waals surface area contributed by atoms with Gasteiger partial charge in [-0.25, -0.2) is 4.99 Å². The van der Waals surface area contributed by atoms with Gasteiger partial charge in [-0.05, 0) is 50.6 Å². The van der Waals surface area contributed by atoms with Crippen molar-refractivity contribution < 1.29 is 0 Å². The summed E-state index contributed by atoms with van der Waals surface area (Å²) in [6.07, 6.45) is 13.9. The lowest BCUT2D eigenvalue weighted by Crippen LogP contribution is -2.33. The van der Waals surface area contributed by atoms with E-state index in [-0.39, 0.29) is 0 Å². The van der Waals surface area contributed by atoms with Crippen molar-refractivity contribution in [3.8, 4) is 0 Å². The molecule has 1 atom stereocenters. The second-order valence-electron chi connectivity index (χ2n) is 8.26. The highest BCUT2D eigenvalue weighted by atomic mass is 15.2. The van der Waals surface area contributed by atoms with Crippen LogP contribution in [0.15, 0.2) is 16.3 Å². The van der Waals surface area contributed by atoms with E-state index in [1.165, 1.54) is 89.0 Å². The van der Waals surface area contributed by atoms with Gasteiger partial charge in [0.1, 0.15) is 5.84 Å². The maximum Gasteiger partial charge on any atom is 0.109 e. The summed E-state index contributed by atoms with van der Waals surface area (Å²) >= 11 is 0. The van der Waals surface area contributed by atoms with Crippen molar-refractivity contribution in [3.05, 3.63) is 11.3 Å². The van der Waals surface area contributed by atoms with Crippen LogP contribution in [0.25, 0.3) is 0 Å². The van der Waals surface area contributed by atoms with E-state index < -0.39 is 0 Å². The lowest BCUT2D eigenvalue weighted by Gasteiger charge is -2.29. The molecule has 0 aromatic heterocycles. The summed E-state index contributed by atoms with van der Waals surface area (Å²) < 4.78 is 0. The summed E-state index contributed by atoms with van der Waals surface area (Å²) in [5, 5.41) is 0. The minimum atomic E-state index is 0.706. The van der Waals surface area contributed by atoms with E-state index in [0.29, 0.717) is 6.04 Å². The fraction of sp³-hybridized carbons (Fsp3) is 0.850. The molecule has 1 aliphatic carbocycles. The molecule has 23 heavy (non-hydrogen) atoms. The Balaban J connectivity index is 1.30. The van der Waals surface area contributed by atoms with Crippen molar-refractivity contribution in [1.82, 2.24) is 9.80 Å². The molecular formula is C20H33N3. The Kier molecular flexibility index (Phi) is 4.75. The van der Waals surface area contributed by atoms with E-state index >= 15 is 0 Å². The number of nitrogens with zero attached hydrogens (tertiary/aromatic N) is 3. The molecule has 0 aromatic rings. The highest BCUT2D eigenvalue weighted by molar-refractivity contribution is 5.88. The topological polar surface area (TPSA) is 18.8 Å². The summed E-state index contributed by atoms with van der Waals surface area (Å²) in [5.74, 6) is 2.39. The van der Waals surface area contributed by atoms with Gasteiger partial charge in [-0.1, -0.05) is 32.1 Å². The van der Waals surface area contributed by atoms with Gasteiger partial charge in [0.05, 0.1) is 5.70 Å². The lowest BCUT2D eigenvalue weighted by atomic mass is 9.87. The molecule has 0 N–H and O–H groups in total. The average molecular weight is 316 g/mol. The van der Waals surface area contributed by atoms with Crippen molar-refractivity contribution in [2.24, 2.45) is 10.9 Å². The third-order valence-electron chi connectivity index (χ3n) is 6.61. The van der Waals surface area contributed by atoms with Gasteiger partial charge in [0.15, 0.2) is 0 Å². The third-order valence-corrected chi connectivity index (χ3v) is 6.61. The third kappa shape index (κ3) is 3.50. The molecule has 1 saturated carbocycles. The average Bonchev–Trinajstić information content (AvgIpc) is 3.19. The maximum atomic E-state index is 5.07. The van der Waals surface area contributed by atoms with Crippen LogP contribution in [0.1, 0.15) is 71.1 Å². The molecule has 3 aliphatic heterocycles. The fourth-order valence-electron chi connectivity index (χ4n) is 5.05. The van der Waals surface area contributed by atoms with Crippen molar-refractivity contribution in [3.63, 3.8) is 0 Å². The second kappa shape index (κ2) is 6.96. The molecule has 0 bridgehead atoms. The molecule has 1 unspecified atom stereocenters. The first kappa shape index (κ1) is 15.7. The van der Waals surface area contributed by atoms with E-state index in [4.69, 9.17) is 4.99 Å². The highest BCUT2D eigenvalue weighted by Crippen LogP contribution is 2.32. The summed E-state index contributed by atoms with van der Waals surface area (Å²) in [4.78, 5) is 10.3. The molecule has 3 heterocycles. The van der Waals surface area contributed by atoms with Crippen LogP contribution in [0.4, 0.5) is 0 Å². The molecule has 3 heteroatoms. The predicted molar refractivity (Wildman–Crippen MR) is 96.7 cm³/mol. The summed E-state index contributed by atoms with van der Waals surface area (Å²) in [7, 11) is 0. The van der Waals surface area contributed by atoms with Gasteiger partial charge in [-0.2, -0.15) is 0 Å². The quantitative estimate of drug-likeness (QED) is 0.777. The summed E-state index contributed by atoms with van der Waals surface area (Å²) in [6.45, 7) is 7.28. The van der Waals surface area contributed by atoms with E-state index in [0.717, 1.165) is 18.9 Å². The van der Waals surface area contributed by atoms with Crippen LogP contribution < -0.4 is 0 Å². The number of rotatable bonds is 3. The highest BCUT2D eigenvalue weighted by Gasteiger charge is 2.30. The smallest absolute Gasteiger partial charge is 0.109 e. The van der Waals surface area contributed by atoms with Gasteiger partial charge < -0.3 is 4.90 Å². The first-order valence-electron chi connectivity index (χ1n) is 10.1. The minimum Gasteiger partial charge on any atom is -0.357 e. The molecule has 4 aliphatic rings. The van der Waals surface area contributed by atoms with Gasteiger partial charge in [0.25, 0.3) is 0 Å². The Labute approximate surface area is 141 Å². The van der Waals surface area contributed by atoms with Crippen LogP contribution >= 0.6 is 0 Å². The van der Waals surface area contributed by atoms with Crippen LogP contribution in [-0.4, -0.2) is 47.9 Å². The SMILES string of the molecule is CC1CCCN1C1=NC2=C(CCN(CCC3CCCCC3)C2)C1. The Morgan fingerprint density at radius 1 is 1.04 bits per heavy atom. The van der Waals surface area contributed by atoms with Crippen LogP contribution in [0.3, 0.4) is 0 Å². The standard InChI is InChI=1S/C20H33N3/c1-16-6-5-11-23(16)20-14-18-10-13-22(15-19(18)21-20)12-9-17-7-3-2-4-8-17/h16-17H,2-15H2,1H3.